The molecule has 0 aliphatic carbocycles. The molecule has 1 amide bonds. The minimum Gasteiger partial charge on any atom is -0.492 e. The lowest BCUT2D eigenvalue weighted by atomic mass is 10.1. The van der Waals surface area contributed by atoms with Crippen LogP contribution >= 0.6 is 15.9 Å². The molecule has 1 atom stereocenters. The monoisotopic (exact) mass is 412 g/mol. The lowest BCUT2D eigenvalue weighted by Gasteiger charge is -2.40. The number of halogens is 1. The van der Waals surface area contributed by atoms with E-state index in [-0.39, 0.29) is 12.1 Å². The van der Waals surface area contributed by atoms with Gasteiger partial charge in [0.25, 0.3) is 0 Å². The Balaban J connectivity index is 2.01. The Morgan fingerprint density at radius 2 is 2.04 bits per heavy atom. The highest BCUT2D eigenvalue weighted by atomic mass is 79.9. The van der Waals surface area contributed by atoms with Gasteiger partial charge in [-0.2, -0.15) is 0 Å². The fourth-order valence-corrected chi connectivity index (χ4v) is 3.45. The van der Waals surface area contributed by atoms with E-state index in [9.17, 15) is 4.79 Å². The molecule has 1 aromatic rings. The van der Waals surface area contributed by atoms with E-state index in [2.05, 4.69) is 33.8 Å². The van der Waals surface area contributed by atoms with Crippen LogP contribution in [-0.4, -0.2) is 53.8 Å². The standard InChI is InChI=1S/C19H29BrN2O3/c1-6-24-17-15(8-7-9-16(17)20)13-21-10-11-22(12-14(21)2)18(23)25-19(3,4)5/h7-9,14H,6,10-13H2,1-5H3. The fraction of sp³-hybridized carbons (Fsp3) is 0.632. The quantitative estimate of drug-likeness (QED) is 0.739. The Morgan fingerprint density at radius 3 is 2.64 bits per heavy atom. The summed E-state index contributed by atoms with van der Waals surface area (Å²) in [7, 11) is 0. The predicted molar refractivity (Wildman–Crippen MR) is 103 cm³/mol. The average Bonchev–Trinajstić information content (AvgIpc) is 2.51. The van der Waals surface area contributed by atoms with Crippen LogP contribution < -0.4 is 4.74 Å². The number of piperazine rings is 1. The smallest absolute Gasteiger partial charge is 0.410 e. The second-order valence-corrected chi connectivity index (χ2v) is 8.26. The molecule has 6 heteroatoms. The molecular weight excluding hydrogens is 384 g/mol. The molecule has 0 bridgehead atoms. The van der Waals surface area contributed by atoms with Crippen LogP contribution in [0.15, 0.2) is 22.7 Å². The number of amides is 1. The van der Waals surface area contributed by atoms with Crippen LogP contribution in [0, 0.1) is 0 Å². The maximum Gasteiger partial charge on any atom is 0.410 e. The van der Waals surface area contributed by atoms with Crippen molar-refractivity contribution in [2.45, 2.75) is 52.8 Å². The number of rotatable bonds is 4. The molecule has 2 rings (SSSR count). The SMILES string of the molecule is CCOc1c(Br)cccc1CN1CCN(C(=O)OC(C)(C)C)CC1C. The summed E-state index contributed by atoms with van der Waals surface area (Å²) in [6.07, 6.45) is -0.225. The summed E-state index contributed by atoms with van der Waals surface area (Å²) in [4.78, 5) is 16.4. The zero-order valence-electron chi connectivity index (χ0n) is 15.8. The van der Waals surface area contributed by atoms with Gasteiger partial charge in [-0.1, -0.05) is 12.1 Å². The highest BCUT2D eigenvalue weighted by molar-refractivity contribution is 9.10. The number of ether oxygens (including phenoxy) is 2. The number of hydrogen-bond donors (Lipinski definition) is 0. The van der Waals surface area contributed by atoms with Gasteiger partial charge in [0.05, 0.1) is 11.1 Å². The average molecular weight is 413 g/mol. The van der Waals surface area contributed by atoms with Crippen molar-refractivity contribution in [2.24, 2.45) is 0 Å². The van der Waals surface area contributed by atoms with E-state index in [4.69, 9.17) is 9.47 Å². The predicted octanol–water partition coefficient (Wildman–Crippen LogP) is 4.29. The van der Waals surface area contributed by atoms with Crippen LogP contribution in [0.4, 0.5) is 4.79 Å². The van der Waals surface area contributed by atoms with Crippen LogP contribution in [-0.2, 0) is 11.3 Å². The summed E-state index contributed by atoms with van der Waals surface area (Å²) < 4.78 is 12.3. The number of benzene rings is 1. The maximum atomic E-state index is 12.3. The van der Waals surface area contributed by atoms with Crippen LogP contribution in [0.2, 0.25) is 0 Å². The summed E-state index contributed by atoms with van der Waals surface area (Å²) in [6.45, 7) is 13.4. The molecule has 1 heterocycles. The van der Waals surface area contributed by atoms with Crippen molar-refractivity contribution in [1.82, 2.24) is 9.80 Å². The van der Waals surface area contributed by atoms with Gasteiger partial charge >= 0.3 is 6.09 Å². The summed E-state index contributed by atoms with van der Waals surface area (Å²) in [5, 5.41) is 0. The molecule has 25 heavy (non-hydrogen) atoms. The third-order valence-electron chi connectivity index (χ3n) is 4.13. The molecule has 0 N–H and O–H groups in total. The van der Waals surface area contributed by atoms with Crippen LogP contribution in [0.25, 0.3) is 0 Å². The summed E-state index contributed by atoms with van der Waals surface area (Å²) in [5.74, 6) is 0.909. The molecule has 0 spiro atoms. The van der Waals surface area contributed by atoms with Crippen molar-refractivity contribution in [1.29, 1.82) is 0 Å². The Kier molecular flexibility index (Phi) is 6.74. The number of nitrogens with zero attached hydrogens (tertiary/aromatic N) is 2. The first-order valence-corrected chi connectivity index (χ1v) is 9.62. The fourth-order valence-electron chi connectivity index (χ4n) is 2.93. The summed E-state index contributed by atoms with van der Waals surface area (Å²) in [6, 6.07) is 6.39. The first-order valence-electron chi connectivity index (χ1n) is 8.83. The topological polar surface area (TPSA) is 42.0 Å². The maximum absolute atomic E-state index is 12.3. The molecule has 1 aliphatic rings. The highest BCUT2D eigenvalue weighted by Crippen LogP contribution is 2.31. The van der Waals surface area contributed by atoms with Crippen LogP contribution in [0.1, 0.15) is 40.2 Å². The molecule has 1 unspecified atom stereocenters. The van der Waals surface area contributed by atoms with Crippen LogP contribution in [0.5, 0.6) is 5.75 Å². The Labute approximate surface area is 159 Å². The number of carbonyl (C=O) groups excluding carboxylic acids is 1. The second-order valence-electron chi connectivity index (χ2n) is 7.41. The summed E-state index contributed by atoms with van der Waals surface area (Å²) >= 11 is 3.57. The first-order chi connectivity index (χ1) is 11.7. The van der Waals surface area contributed by atoms with E-state index in [1.54, 1.807) is 4.90 Å². The van der Waals surface area contributed by atoms with Crippen molar-refractivity contribution >= 4 is 22.0 Å². The van der Waals surface area contributed by atoms with Crippen LogP contribution in [0.3, 0.4) is 0 Å². The lowest BCUT2D eigenvalue weighted by molar-refractivity contribution is 0.00449. The molecule has 140 valence electrons. The van der Waals surface area contributed by atoms with Crippen molar-refractivity contribution in [3.8, 4) is 5.75 Å². The number of carbonyl (C=O) groups is 1. The van der Waals surface area contributed by atoms with Gasteiger partial charge in [-0.15, -0.1) is 0 Å². The Morgan fingerprint density at radius 1 is 1.32 bits per heavy atom. The van der Waals surface area contributed by atoms with Gasteiger partial charge < -0.3 is 14.4 Å². The van der Waals surface area contributed by atoms with Gasteiger partial charge in [-0.3, -0.25) is 4.90 Å². The van der Waals surface area contributed by atoms with Gasteiger partial charge in [0.1, 0.15) is 11.4 Å². The normalized spacial score (nSPS) is 19.0. The van der Waals surface area contributed by atoms with Gasteiger partial charge in [-0.05, 0) is 56.6 Å². The molecule has 1 aromatic carbocycles. The van der Waals surface area contributed by atoms with Gasteiger partial charge in [0, 0.05) is 37.8 Å². The highest BCUT2D eigenvalue weighted by Gasteiger charge is 2.30. The second kappa shape index (κ2) is 8.41. The largest absolute Gasteiger partial charge is 0.492 e. The van der Waals surface area contributed by atoms with Crippen molar-refractivity contribution in [3.05, 3.63) is 28.2 Å². The molecule has 0 aromatic heterocycles. The molecule has 0 saturated carbocycles. The van der Waals surface area contributed by atoms with Crippen molar-refractivity contribution in [2.75, 3.05) is 26.2 Å². The van der Waals surface area contributed by atoms with Crippen molar-refractivity contribution < 1.29 is 14.3 Å². The molecule has 1 saturated heterocycles. The van der Waals surface area contributed by atoms with E-state index in [0.717, 1.165) is 28.9 Å². The van der Waals surface area contributed by atoms with Gasteiger partial charge in [-0.25, -0.2) is 4.79 Å². The van der Waals surface area contributed by atoms with Gasteiger partial charge in [0.15, 0.2) is 0 Å². The third-order valence-corrected chi connectivity index (χ3v) is 4.75. The van der Waals surface area contributed by atoms with Gasteiger partial charge in [0.2, 0.25) is 0 Å². The zero-order valence-corrected chi connectivity index (χ0v) is 17.4. The number of para-hydroxylation sites is 1. The lowest BCUT2D eigenvalue weighted by Crippen LogP contribution is -2.54. The van der Waals surface area contributed by atoms with E-state index >= 15 is 0 Å². The van der Waals surface area contributed by atoms with E-state index in [1.165, 1.54) is 0 Å². The molecule has 0 radical (unpaired) electrons. The molecule has 5 nitrogen and oxygen atoms in total. The first kappa shape index (κ1) is 20.0. The Bertz CT molecular complexity index is 601. The summed E-state index contributed by atoms with van der Waals surface area (Å²) in [5.41, 5.74) is 0.703. The number of hydrogen-bond acceptors (Lipinski definition) is 4. The third kappa shape index (κ3) is 5.61. The van der Waals surface area contributed by atoms with E-state index in [1.807, 2.05) is 39.8 Å². The Hall–Kier alpha value is -1.27. The van der Waals surface area contributed by atoms with E-state index < -0.39 is 5.60 Å². The van der Waals surface area contributed by atoms with Crippen molar-refractivity contribution in [3.63, 3.8) is 0 Å². The molecule has 1 fully saturated rings. The minimum absolute atomic E-state index is 0.225. The minimum atomic E-state index is -0.458. The molecular formula is C19H29BrN2O3. The molecule has 1 aliphatic heterocycles. The zero-order chi connectivity index (χ0) is 18.6. The van der Waals surface area contributed by atoms with E-state index in [0.29, 0.717) is 19.7 Å².